The Morgan fingerprint density at radius 3 is 2.90 bits per heavy atom. The Morgan fingerprint density at radius 1 is 1.30 bits per heavy atom. The summed E-state index contributed by atoms with van der Waals surface area (Å²) >= 11 is 0. The van der Waals surface area contributed by atoms with Gasteiger partial charge in [0.2, 0.25) is 0 Å². The minimum atomic E-state index is -0.306. The van der Waals surface area contributed by atoms with Crippen LogP contribution in [0.2, 0.25) is 0 Å². The number of nitrogen functional groups attached to an aromatic ring is 1. The molecule has 1 aromatic heterocycles. The number of hydrogen-bond donors (Lipinski definition) is 1. The van der Waals surface area contributed by atoms with Crippen LogP contribution in [0.5, 0.6) is 0 Å². The highest BCUT2D eigenvalue weighted by atomic mass is 16.6. The zero-order valence-corrected chi connectivity index (χ0v) is 11.0. The van der Waals surface area contributed by atoms with Gasteiger partial charge in [-0.05, 0) is 5.56 Å². The van der Waals surface area contributed by atoms with Crippen molar-refractivity contribution in [3.05, 3.63) is 47.7 Å². The van der Waals surface area contributed by atoms with Crippen LogP contribution in [0, 0.1) is 0 Å². The van der Waals surface area contributed by atoms with E-state index in [0.717, 1.165) is 11.3 Å². The van der Waals surface area contributed by atoms with Gasteiger partial charge >= 0.3 is 6.09 Å². The van der Waals surface area contributed by atoms with Gasteiger partial charge < -0.3 is 15.4 Å². The Hall–Kier alpha value is -2.50. The first-order valence-electron chi connectivity index (χ1n) is 6.50. The molecule has 0 saturated heterocycles. The molecule has 6 nitrogen and oxygen atoms in total. The monoisotopic (exact) mass is 272 g/mol. The molecule has 0 spiro atoms. The van der Waals surface area contributed by atoms with E-state index in [2.05, 4.69) is 5.10 Å². The topological polar surface area (TPSA) is 73.4 Å². The first-order valence-corrected chi connectivity index (χ1v) is 6.50. The van der Waals surface area contributed by atoms with Crippen molar-refractivity contribution in [2.45, 2.75) is 19.7 Å². The first-order chi connectivity index (χ1) is 9.72. The smallest absolute Gasteiger partial charge is 0.410 e. The fraction of sp³-hybridized carbons (Fsp3) is 0.286. The van der Waals surface area contributed by atoms with Crippen molar-refractivity contribution in [1.82, 2.24) is 14.7 Å². The second kappa shape index (κ2) is 5.24. The van der Waals surface area contributed by atoms with Gasteiger partial charge in [0.1, 0.15) is 12.4 Å². The molecule has 2 aromatic rings. The van der Waals surface area contributed by atoms with Crippen LogP contribution in [-0.4, -0.2) is 27.3 Å². The molecule has 1 aromatic carbocycles. The summed E-state index contributed by atoms with van der Waals surface area (Å²) in [6, 6.07) is 11.4. The molecule has 0 atom stereocenters. The molecule has 0 unspecified atom stereocenters. The number of nitrogens with two attached hydrogens (primary N) is 1. The molecule has 1 aliphatic rings. The van der Waals surface area contributed by atoms with Crippen molar-refractivity contribution >= 4 is 11.9 Å². The number of fused-ring (bicyclic) bond motifs is 1. The average molecular weight is 272 g/mol. The highest BCUT2D eigenvalue weighted by Gasteiger charge is 2.22. The molecule has 0 radical (unpaired) electrons. The quantitative estimate of drug-likeness (QED) is 0.901. The van der Waals surface area contributed by atoms with Gasteiger partial charge in [0, 0.05) is 12.6 Å². The summed E-state index contributed by atoms with van der Waals surface area (Å²) in [7, 11) is 0. The highest BCUT2D eigenvalue weighted by Crippen LogP contribution is 2.15. The van der Waals surface area contributed by atoms with Crippen LogP contribution in [0.1, 0.15) is 11.3 Å². The van der Waals surface area contributed by atoms with E-state index in [1.165, 1.54) is 0 Å². The lowest BCUT2D eigenvalue weighted by atomic mass is 10.2. The predicted molar refractivity (Wildman–Crippen MR) is 73.7 cm³/mol. The van der Waals surface area contributed by atoms with E-state index in [1.54, 1.807) is 11.0 Å². The summed E-state index contributed by atoms with van der Waals surface area (Å²) < 4.78 is 7.15. The lowest BCUT2D eigenvalue weighted by Gasteiger charge is -2.26. The summed E-state index contributed by atoms with van der Waals surface area (Å²) in [6.45, 7) is 2.00. The number of aromatic nitrogens is 2. The summed E-state index contributed by atoms with van der Waals surface area (Å²) in [5.74, 6) is 0.486. The third kappa shape index (κ3) is 2.59. The van der Waals surface area contributed by atoms with Crippen molar-refractivity contribution in [3.8, 4) is 0 Å². The van der Waals surface area contributed by atoms with E-state index in [-0.39, 0.29) is 12.7 Å². The van der Waals surface area contributed by atoms with Gasteiger partial charge in [-0.3, -0.25) is 4.68 Å². The second-order valence-electron chi connectivity index (χ2n) is 4.75. The number of benzene rings is 1. The number of rotatable bonds is 2. The van der Waals surface area contributed by atoms with E-state index < -0.39 is 0 Å². The molecule has 1 aliphatic heterocycles. The Kier molecular flexibility index (Phi) is 3.28. The van der Waals surface area contributed by atoms with Crippen molar-refractivity contribution in [3.63, 3.8) is 0 Å². The highest BCUT2D eigenvalue weighted by molar-refractivity contribution is 5.67. The van der Waals surface area contributed by atoms with Gasteiger partial charge in [-0.15, -0.1) is 0 Å². The summed E-state index contributed by atoms with van der Waals surface area (Å²) in [6.07, 6.45) is -0.306. The number of anilines is 1. The van der Waals surface area contributed by atoms with E-state index in [0.29, 0.717) is 25.5 Å². The molecule has 0 fully saturated rings. The van der Waals surface area contributed by atoms with Gasteiger partial charge in [-0.1, -0.05) is 30.3 Å². The summed E-state index contributed by atoms with van der Waals surface area (Å²) in [5.41, 5.74) is 7.56. The Bertz CT molecular complexity index is 609. The number of amides is 1. The lowest BCUT2D eigenvalue weighted by molar-refractivity contribution is 0.0858. The van der Waals surface area contributed by atoms with Crippen LogP contribution >= 0.6 is 0 Å². The van der Waals surface area contributed by atoms with Crippen LogP contribution in [0.4, 0.5) is 10.6 Å². The summed E-state index contributed by atoms with van der Waals surface area (Å²) in [5, 5.41) is 4.15. The molecular formula is C14H16N4O2. The lowest BCUT2D eigenvalue weighted by Crippen LogP contribution is -2.38. The van der Waals surface area contributed by atoms with Crippen LogP contribution < -0.4 is 5.73 Å². The number of ether oxygens (including phenoxy) is 1. The van der Waals surface area contributed by atoms with Crippen LogP contribution in [0.25, 0.3) is 0 Å². The molecule has 1 amide bonds. The van der Waals surface area contributed by atoms with Gasteiger partial charge in [-0.2, -0.15) is 5.10 Å². The van der Waals surface area contributed by atoms with Crippen molar-refractivity contribution < 1.29 is 9.53 Å². The van der Waals surface area contributed by atoms with Gasteiger partial charge in [0.15, 0.2) is 0 Å². The Labute approximate surface area is 116 Å². The first kappa shape index (κ1) is 12.5. The molecule has 0 saturated carbocycles. The largest absolute Gasteiger partial charge is 0.445 e. The third-order valence-corrected chi connectivity index (χ3v) is 3.28. The maximum Gasteiger partial charge on any atom is 0.410 e. The number of carbonyl (C=O) groups is 1. The maximum absolute atomic E-state index is 12.0. The van der Waals surface area contributed by atoms with Crippen molar-refractivity contribution in [1.29, 1.82) is 0 Å². The average Bonchev–Trinajstić information content (AvgIpc) is 2.85. The molecule has 2 heterocycles. The fourth-order valence-corrected chi connectivity index (χ4v) is 2.26. The maximum atomic E-state index is 12.0. The summed E-state index contributed by atoms with van der Waals surface area (Å²) in [4.78, 5) is 13.7. The fourth-order valence-electron chi connectivity index (χ4n) is 2.26. The number of nitrogens with zero attached hydrogens (tertiary/aromatic N) is 3. The zero-order valence-electron chi connectivity index (χ0n) is 11.0. The van der Waals surface area contributed by atoms with Crippen molar-refractivity contribution in [2.24, 2.45) is 0 Å². The molecule has 20 heavy (non-hydrogen) atoms. The number of carbonyl (C=O) groups excluding carboxylic acids is 1. The van der Waals surface area contributed by atoms with E-state index in [1.807, 2.05) is 35.0 Å². The second-order valence-corrected chi connectivity index (χ2v) is 4.75. The molecule has 104 valence electrons. The standard InChI is InChI=1S/C14H16N4O2/c15-13-8-12-9-17(6-7-18(12)16-13)14(19)20-10-11-4-2-1-3-5-11/h1-5,8H,6-7,9-10H2,(H2,15,16). The third-order valence-electron chi connectivity index (χ3n) is 3.28. The van der Waals surface area contributed by atoms with Crippen LogP contribution in [-0.2, 0) is 24.4 Å². The van der Waals surface area contributed by atoms with Gasteiger partial charge in [0.25, 0.3) is 0 Å². The molecule has 0 aliphatic carbocycles. The predicted octanol–water partition coefficient (Wildman–Crippen LogP) is 1.62. The molecule has 0 bridgehead atoms. The van der Waals surface area contributed by atoms with Crippen LogP contribution in [0.15, 0.2) is 36.4 Å². The molecule has 6 heteroatoms. The zero-order chi connectivity index (χ0) is 13.9. The molecule has 3 rings (SSSR count). The van der Waals surface area contributed by atoms with E-state index >= 15 is 0 Å². The van der Waals surface area contributed by atoms with E-state index in [9.17, 15) is 4.79 Å². The van der Waals surface area contributed by atoms with Crippen LogP contribution in [0.3, 0.4) is 0 Å². The minimum absolute atomic E-state index is 0.289. The minimum Gasteiger partial charge on any atom is -0.445 e. The Morgan fingerprint density at radius 2 is 2.10 bits per heavy atom. The van der Waals surface area contributed by atoms with Crippen molar-refractivity contribution in [2.75, 3.05) is 12.3 Å². The number of hydrogen-bond acceptors (Lipinski definition) is 4. The Balaban J connectivity index is 1.59. The van der Waals surface area contributed by atoms with Gasteiger partial charge in [0.05, 0.1) is 18.8 Å². The van der Waals surface area contributed by atoms with E-state index in [4.69, 9.17) is 10.5 Å². The molecule has 2 N–H and O–H groups in total. The normalized spacial score (nSPS) is 13.9. The van der Waals surface area contributed by atoms with Gasteiger partial charge in [-0.25, -0.2) is 4.79 Å². The molecular weight excluding hydrogens is 256 g/mol. The SMILES string of the molecule is Nc1cc2n(n1)CCN(C(=O)OCc1ccccc1)C2.